The number of amides is 2. The Balaban J connectivity index is 1.29. The summed E-state index contributed by atoms with van der Waals surface area (Å²) in [6.07, 6.45) is 1.21. The molecule has 0 radical (unpaired) electrons. The lowest BCUT2D eigenvalue weighted by Gasteiger charge is -2.29. The Labute approximate surface area is 244 Å². The molecular weight excluding hydrogens is 570 g/mol. The lowest BCUT2D eigenvalue weighted by atomic mass is 9.85. The average Bonchev–Trinajstić information content (AvgIpc) is 3.25. The number of para-hydroxylation sites is 2. The summed E-state index contributed by atoms with van der Waals surface area (Å²) in [4.78, 5) is 46.0. The molecule has 2 amide bonds. The molecule has 0 unspecified atom stereocenters. The van der Waals surface area contributed by atoms with Crippen molar-refractivity contribution in [2.45, 2.75) is 57.7 Å². The van der Waals surface area contributed by atoms with Crippen LogP contribution >= 0.6 is 11.6 Å². The number of alkyl halides is 2. The van der Waals surface area contributed by atoms with E-state index in [-0.39, 0.29) is 34.1 Å². The second kappa shape index (κ2) is 12.4. The fraction of sp³-hybridized carbons (Fsp3) is 0.345. The van der Waals surface area contributed by atoms with E-state index in [1.807, 2.05) is 24.3 Å². The molecule has 1 aliphatic carbocycles. The lowest BCUT2D eigenvalue weighted by Crippen LogP contribution is -2.39. The molecule has 220 valence electrons. The van der Waals surface area contributed by atoms with Crippen molar-refractivity contribution in [3.8, 4) is 5.69 Å². The van der Waals surface area contributed by atoms with Gasteiger partial charge in [0.2, 0.25) is 0 Å². The first-order chi connectivity index (χ1) is 20.1. The number of halogens is 3. The predicted molar refractivity (Wildman–Crippen MR) is 153 cm³/mol. The van der Waals surface area contributed by atoms with Crippen molar-refractivity contribution in [3.05, 3.63) is 81.6 Å². The SMILES string of the molecule is C[C@H](O)C(=O)Nc1ccc(-n2c(=O)n(C[C@H]3CC[C@H](NC(=O)c4cc(Cl)cnc4C(F)F)CC3)c3ccccc32)cn1. The highest BCUT2D eigenvalue weighted by molar-refractivity contribution is 6.30. The van der Waals surface area contributed by atoms with Crippen molar-refractivity contribution < 1.29 is 23.5 Å². The first kappa shape index (κ1) is 29.3. The standard InChI is InChI=1S/C29H29ClF2N6O4/c1-16(39)27(40)36-24-11-10-20(14-33-24)38-23-5-3-2-4-22(23)37(29(38)42)15-17-6-8-19(9-7-17)35-28(41)21-12-18(30)13-34-25(21)26(31)32/h2-5,10-14,16-17,19,26,39H,6-9,15H2,1H3,(H,35,41)(H,33,36,40)/t16-,17-,19-/m0/s1. The maximum Gasteiger partial charge on any atom is 0.333 e. The maximum atomic E-state index is 13.7. The fourth-order valence-corrected chi connectivity index (χ4v) is 5.43. The highest BCUT2D eigenvalue weighted by Gasteiger charge is 2.27. The number of pyridine rings is 2. The molecule has 3 aromatic heterocycles. The summed E-state index contributed by atoms with van der Waals surface area (Å²) in [5.41, 5.74) is 0.924. The Morgan fingerprint density at radius 2 is 1.79 bits per heavy atom. The van der Waals surface area contributed by atoms with Gasteiger partial charge < -0.3 is 15.7 Å². The molecule has 13 heteroatoms. The van der Waals surface area contributed by atoms with Crippen LogP contribution in [-0.4, -0.2) is 48.2 Å². The van der Waals surface area contributed by atoms with Gasteiger partial charge in [-0.25, -0.2) is 18.6 Å². The third-order valence-corrected chi connectivity index (χ3v) is 7.64. The minimum absolute atomic E-state index is 0.104. The molecule has 0 saturated heterocycles. The van der Waals surface area contributed by atoms with Crippen LogP contribution in [0.5, 0.6) is 0 Å². The molecule has 1 aliphatic rings. The zero-order valence-corrected chi connectivity index (χ0v) is 23.4. The molecule has 42 heavy (non-hydrogen) atoms. The van der Waals surface area contributed by atoms with Gasteiger partial charge in [-0.2, -0.15) is 0 Å². The van der Waals surface area contributed by atoms with Crippen LogP contribution in [0, 0.1) is 5.92 Å². The van der Waals surface area contributed by atoms with E-state index >= 15 is 0 Å². The van der Waals surface area contributed by atoms with Crippen LogP contribution in [0.15, 0.2) is 59.7 Å². The number of aliphatic hydroxyl groups excluding tert-OH is 1. The number of nitrogens with one attached hydrogen (secondary N) is 2. The van der Waals surface area contributed by atoms with E-state index in [2.05, 4.69) is 20.6 Å². The van der Waals surface area contributed by atoms with Crippen molar-refractivity contribution in [2.24, 2.45) is 5.92 Å². The van der Waals surface area contributed by atoms with Gasteiger partial charge in [0.15, 0.2) is 0 Å². The molecule has 5 rings (SSSR count). The summed E-state index contributed by atoms with van der Waals surface area (Å²) in [5, 5.41) is 14.9. The number of aliphatic hydroxyl groups is 1. The summed E-state index contributed by atoms with van der Waals surface area (Å²) in [7, 11) is 0. The molecule has 1 atom stereocenters. The molecule has 1 saturated carbocycles. The van der Waals surface area contributed by atoms with Crippen LogP contribution < -0.4 is 16.3 Å². The molecule has 0 aliphatic heterocycles. The third-order valence-electron chi connectivity index (χ3n) is 7.43. The number of aromatic nitrogens is 4. The number of imidazole rings is 1. The van der Waals surface area contributed by atoms with Gasteiger partial charge in [0.25, 0.3) is 18.2 Å². The number of carbonyl (C=O) groups excluding carboxylic acids is 2. The van der Waals surface area contributed by atoms with E-state index in [0.717, 1.165) is 24.6 Å². The molecule has 10 nitrogen and oxygen atoms in total. The van der Waals surface area contributed by atoms with Gasteiger partial charge in [-0.15, -0.1) is 0 Å². The Morgan fingerprint density at radius 3 is 2.43 bits per heavy atom. The topological polar surface area (TPSA) is 131 Å². The first-order valence-electron chi connectivity index (χ1n) is 13.5. The van der Waals surface area contributed by atoms with Crippen molar-refractivity contribution >= 4 is 40.3 Å². The highest BCUT2D eigenvalue weighted by atomic mass is 35.5. The second-order valence-corrected chi connectivity index (χ2v) is 10.8. The number of hydrogen-bond acceptors (Lipinski definition) is 6. The van der Waals surface area contributed by atoms with Crippen molar-refractivity contribution in [3.63, 3.8) is 0 Å². The van der Waals surface area contributed by atoms with Crippen molar-refractivity contribution in [1.29, 1.82) is 0 Å². The summed E-state index contributed by atoms with van der Waals surface area (Å²) in [6.45, 7) is 1.82. The zero-order valence-electron chi connectivity index (χ0n) is 22.6. The van der Waals surface area contributed by atoms with Gasteiger partial charge in [-0.05, 0) is 68.9 Å². The number of hydrogen-bond donors (Lipinski definition) is 3. The Morgan fingerprint density at radius 1 is 1.07 bits per heavy atom. The number of carbonyl (C=O) groups is 2. The van der Waals surface area contributed by atoms with Gasteiger partial charge in [0.05, 0.1) is 33.5 Å². The third kappa shape index (κ3) is 6.19. The first-order valence-corrected chi connectivity index (χ1v) is 13.9. The zero-order chi connectivity index (χ0) is 30.0. The van der Waals surface area contributed by atoms with E-state index in [1.54, 1.807) is 21.3 Å². The smallest absolute Gasteiger partial charge is 0.333 e. The highest BCUT2D eigenvalue weighted by Crippen LogP contribution is 2.29. The van der Waals surface area contributed by atoms with Crippen LogP contribution in [0.1, 0.15) is 55.1 Å². The minimum atomic E-state index is -2.90. The molecule has 0 bridgehead atoms. The van der Waals surface area contributed by atoms with Crippen molar-refractivity contribution in [1.82, 2.24) is 24.4 Å². The fourth-order valence-electron chi connectivity index (χ4n) is 5.27. The molecule has 1 aromatic carbocycles. The van der Waals surface area contributed by atoms with Gasteiger partial charge >= 0.3 is 5.69 Å². The lowest BCUT2D eigenvalue weighted by molar-refractivity contribution is -0.123. The minimum Gasteiger partial charge on any atom is -0.384 e. The van der Waals surface area contributed by atoms with E-state index < -0.39 is 30.0 Å². The van der Waals surface area contributed by atoms with Crippen LogP contribution in [0.2, 0.25) is 5.02 Å². The molecule has 0 spiro atoms. The van der Waals surface area contributed by atoms with Crippen molar-refractivity contribution in [2.75, 3.05) is 5.32 Å². The number of benzene rings is 1. The van der Waals surface area contributed by atoms with E-state index in [4.69, 9.17) is 11.6 Å². The number of fused-ring (bicyclic) bond motifs is 1. The van der Waals surface area contributed by atoms with E-state index in [1.165, 1.54) is 19.2 Å². The normalized spacial score (nSPS) is 17.8. The summed E-state index contributed by atoms with van der Waals surface area (Å²) in [5.74, 6) is -0.802. The van der Waals surface area contributed by atoms with Gasteiger partial charge in [0.1, 0.15) is 17.6 Å². The predicted octanol–water partition coefficient (Wildman–Crippen LogP) is 4.48. The van der Waals surface area contributed by atoms with E-state index in [0.29, 0.717) is 30.6 Å². The molecule has 1 fully saturated rings. The molecule has 4 aromatic rings. The molecular formula is C29H29ClF2N6O4. The quantitative estimate of drug-likeness (QED) is 0.274. The Bertz CT molecular complexity index is 1660. The van der Waals surface area contributed by atoms with Gasteiger partial charge in [0, 0.05) is 18.8 Å². The largest absolute Gasteiger partial charge is 0.384 e. The second-order valence-electron chi connectivity index (χ2n) is 10.4. The van der Waals surface area contributed by atoms with Crippen LogP contribution in [0.3, 0.4) is 0 Å². The monoisotopic (exact) mass is 598 g/mol. The van der Waals surface area contributed by atoms with Crippen LogP contribution in [0.25, 0.3) is 16.7 Å². The summed E-state index contributed by atoms with van der Waals surface area (Å²) >= 11 is 5.89. The van der Waals surface area contributed by atoms with Gasteiger partial charge in [-0.3, -0.25) is 23.7 Å². The molecule has 3 heterocycles. The molecule has 3 N–H and O–H groups in total. The average molecular weight is 599 g/mol. The van der Waals surface area contributed by atoms with Crippen LogP contribution in [-0.2, 0) is 11.3 Å². The van der Waals surface area contributed by atoms with E-state index in [9.17, 15) is 28.3 Å². The van der Waals surface area contributed by atoms with Crippen LogP contribution in [0.4, 0.5) is 14.6 Å². The van der Waals surface area contributed by atoms with Gasteiger partial charge in [-0.1, -0.05) is 23.7 Å². The number of rotatable bonds is 8. The maximum absolute atomic E-state index is 13.7. The summed E-state index contributed by atoms with van der Waals surface area (Å²) in [6, 6.07) is 11.7. The Hall–Kier alpha value is -4.16. The number of anilines is 1. The number of nitrogens with zero attached hydrogens (tertiary/aromatic N) is 4. The Kier molecular flexibility index (Phi) is 8.64. The summed E-state index contributed by atoms with van der Waals surface area (Å²) < 4.78 is 30.0.